The highest BCUT2D eigenvalue weighted by molar-refractivity contribution is 5.80. The van der Waals surface area contributed by atoms with Crippen LogP contribution in [0.15, 0.2) is 49.1 Å². The topological polar surface area (TPSA) is 93.5 Å². The van der Waals surface area contributed by atoms with Crippen molar-refractivity contribution in [3.05, 3.63) is 71.8 Å². The first-order valence-electron chi connectivity index (χ1n) is 16.7. The molecule has 44 heavy (non-hydrogen) atoms. The number of carboxylic acids is 1. The van der Waals surface area contributed by atoms with Crippen LogP contribution in [-0.2, 0) is 36.4 Å². The number of nitrogens with zero attached hydrogens (tertiary/aromatic N) is 6. The molecule has 2 N–H and O–H groups in total. The fourth-order valence-electron chi connectivity index (χ4n) is 7.33. The number of nitrogens with one attached hydrogen (secondary N) is 1. The smallest absolute Gasteiger partial charge is 0.313 e. The molecule has 9 nitrogen and oxygen atoms in total. The summed E-state index contributed by atoms with van der Waals surface area (Å²) in [6.07, 6.45) is 15.4. The molecule has 0 radical (unpaired) electrons. The Bertz CT molecular complexity index is 1310. The number of likely N-dealkylation sites (tertiary alicyclic amines) is 2. The first kappa shape index (κ1) is 32.4. The molecule has 1 aromatic carbocycles. The minimum absolute atomic E-state index is 0.538. The van der Waals surface area contributed by atoms with Crippen LogP contribution in [0.5, 0.6) is 0 Å². The van der Waals surface area contributed by atoms with E-state index in [1.165, 1.54) is 58.3 Å². The van der Waals surface area contributed by atoms with Gasteiger partial charge < -0.3 is 24.5 Å². The average Bonchev–Trinajstić information content (AvgIpc) is 3.78. The Morgan fingerprint density at radius 2 is 1.73 bits per heavy atom. The summed E-state index contributed by atoms with van der Waals surface area (Å²) in [6, 6.07) is 8.73. The Labute approximate surface area is 263 Å². The van der Waals surface area contributed by atoms with Crippen molar-refractivity contribution < 1.29 is 9.90 Å². The highest BCUT2D eigenvalue weighted by Gasteiger charge is 2.41. The summed E-state index contributed by atoms with van der Waals surface area (Å²) < 4.78 is 2.31. The van der Waals surface area contributed by atoms with Gasteiger partial charge in [0.1, 0.15) is 11.6 Å². The zero-order valence-corrected chi connectivity index (χ0v) is 27.3. The van der Waals surface area contributed by atoms with Gasteiger partial charge in [-0.05, 0) is 95.1 Å². The molecule has 0 aliphatic carbocycles. The van der Waals surface area contributed by atoms with Crippen molar-refractivity contribution in [2.45, 2.75) is 104 Å². The minimum atomic E-state index is -0.919. The van der Waals surface area contributed by atoms with E-state index in [0.717, 1.165) is 48.3 Å². The number of rotatable bonds is 15. The second-order valence-corrected chi connectivity index (χ2v) is 13.7. The van der Waals surface area contributed by atoms with Crippen molar-refractivity contribution in [2.75, 3.05) is 32.7 Å². The van der Waals surface area contributed by atoms with Crippen molar-refractivity contribution in [1.29, 1.82) is 0 Å². The zero-order chi connectivity index (χ0) is 31.2. The normalized spacial score (nSPS) is 17.8. The van der Waals surface area contributed by atoms with Crippen molar-refractivity contribution in [3.63, 3.8) is 0 Å². The summed E-state index contributed by atoms with van der Waals surface area (Å²) in [6.45, 7) is 17.4. The third-order valence-electron chi connectivity index (χ3n) is 10.4. The third-order valence-corrected chi connectivity index (χ3v) is 10.4. The summed E-state index contributed by atoms with van der Waals surface area (Å²) in [5.41, 5.74) is 1.56. The van der Waals surface area contributed by atoms with Gasteiger partial charge in [0.2, 0.25) is 0 Å². The predicted octanol–water partition coefficient (Wildman–Crippen LogP) is 5.54. The van der Waals surface area contributed by atoms with Gasteiger partial charge in [0.05, 0.1) is 18.5 Å². The molecule has 0 atom stereocenters. The van der Waals surface area contributed by atoms with Crippen LogP contribution in [0.4, 0.5) is 0 Å². The number of piperidine rings is 1. The van der Waals surface area contributed by atoms with Crippen LogP contribution in [0.3, 0.4) is 0 Å². The number of carboxylic acid groups (broad SMARTS) is 1. The van der Waals surface area contributed by atoms with Crippen molar-refractivity contribution in [1.82, 2.24) is 34.2 Å². The van der Waals surface area contributed by atoms with Gasteiger partial charge in [0.25, 0.3) is 0 Å². The number of aromatic nitrogens is 4. The summed E-state index contributed by atoms with van der Waals surface area (Å²) in [4.78, 5) is 32.0. The lowest BCUT2D eigenvalue weighted by Crippen LogP contribution is -2.45. The molecule has 0 saturated carbocycles. The van der Waals surface area contributed by atoms with E-state index < -0.39 is 11.4 Å². The van der Waals surface area contributed by atoms with Gasteiger partial charge in [0, 0.05) is 50.5 Å². The molecule has 2 saturated heterocycles. The van der Waals surface area contributed by atoms with E-state index >= 15 is 0 Å². The number of imidazole rings is 2. The number of hydrogen-bond donors (Lipinski definition) is 2. The number of H-pyrrole nitrogens is 1. The van der Waals surface area contributed by atoms with Crippen LogP contribution >= 0.6 is 0 Å². The second kappa shape index (κ2) is 14.4. The van der Waals surface area contributed by atoms with Crippen LogP contribution in [0.2, 0.25) is 0 Å². The van der Waals surface area contributed by atoms with Gasteiger partial charge >= 0.3 is 5.97 Å². The maximum atomic E-state index is 11.7. The summed E-state index contributed by atoms with van der Waals surface area (Å²) in [7, 11) is 0. The molecule has 2 aliphatic heterocycles. The van der Waals surface area contributed by atoms with Crippen LogP contribution in [-0.4, -0.2) is 84.1 Å². The Hall–Kier alpha value is -3.01. The first-order chi connectivity index (χ1) is 21.2. The van der Waals surface area contributed by atoms with Crippen LogP contribution < -0.4 is 0 Å². The number of benzene rings is 1. The lowest BCUT2D eigenvalue weighted by atomic mass is 9.77. The number of aromatic amines is 1. The van der Waals surface area contributed by atoms with Gasteiger partial charge in [-0.3, -0.25) is 9.69 Å². The highest BCUT2D eigenvalue weighted by atomic mass is 16.4. The Morgan fingerprint density at radius 1 is 1.00 bits per heavy atom. The average molecular weight is 604 g/mol. The molecule has 2 aromatic heterocycles. The number of aliphatic carboxylic acids is 1. The van der Waals surface area contributed by atoms with E-state index in [9.17, 15) is 9.90 Å². The summed E-state index contributed by atoms with van der Waals surface area (Å²) in [5.74, 6) is 1.16. The van der Waals surface area contributed by atoms with E-state index in [4.69, 9.17) is 4.98 Å². The molecule has 3 aromatic rings. The third kappa shape index (κ3) is 7.79. The van der Waals surface area contributed by atoms with Crippen LogP contribution in [0.25, 0.3) is 0 Å². The van der Waals surface area contributed by atoms with E-state index in [0.29, 0.717) is 25.0 Å². The first-order valence-corrected chi connectivity index (χ1v) is 16.7. The van der Waals surface area contributed by atoms with Crippen LogP contribution in [0.1, 0.15) is 89.0 Å². The number of hydrogen-bond acceptors (Lipinski definition) is 6. The van der Waals surface area contributed by atoms with Gasteiger partial charge in [0.15, 0.2) is 0 Å². The summed E-state index contributed by atoms with van der Waals surface area (Å²) >= 11 is 0. The minimum Gasteiger partial charge on any atom is -0.481 e. The van der Waals surface area contributed by atoms with Gasteiger partial charge in [-0.15, -0.1) is 0 Å². The second-order valence-electron chi connectivity index (χ2n) is 13.7. The van der Waals surface area contributed by atoms with E-state index in [2.05, 4.69) is 49.3 Å². The van der Waals surface area contributed by atoms with E-state index in [1.807, 2.05) is 36.7 Å². The van der Waals surface area contributed by atoms with Crippen molar-refractivity contribution in [2.24, 2.45) is 5.41 Å². The lowest BCUT2D eigenvalue weighted by molar-refractivity contribution is -0.142. The molecule has 4 heterocycles. The fraction of sp³-hybridized carbons (Fsp3) is 0.629. The highest BCUT2D eigenvalue weighted by Crippen LogP contribution is 2.41. The fourth-order valence-corrected chi connectivity index (χ4v) is 7.33. The van der Waals surface area contributed by atoms with Crippen LogP contribution in [0, 0.1) is 5.41 Å². The SMILES string of the molecule is CCC(CC)N1CCC2(CCN(CCCn3ccnc3CN(Cc3ccc(C(C)(C)C(=O)O)cc3)Cc3ncc[nH]3)C2)CC1. The molecule has 5 rings (SSSR count). The van der Waals surface area contributed by atoms with E-state index in [-0.39, 0.29) is 0 Å². The standard InChI is InChI=1S/C35H53N7O2/c1-5-30(6-2)41-21-13-35(14-22-41)12-20-39(27-35)18-7-19-42-23-17-38-32(42)26-40(25-31-36-15-16-37-31)24-28-8-10-29(11-9-28)34(3,4)33(43)44/h8-11,15-17,23,30H,5-7,12-14,18-22,24-27H2,1-4H3,(H,36,37)(H,43,44). The molecule has 0 bridgehead atoms. The number of carbonyl (C=O) groups is 1. The van der Waals surface area contributed by atoms with Gasteiger partial charge in [-0.2, -0.15) is 0 Å². The molecule has 0 amide bonds. The predicted molar refractivity (Wildman–Crippen MR) is 174 cm³/mol. The molecule has 0 unspecified atom stereocenters. The lowest BCUT2D eigenvalue weighted by Gasteiger charge is -2.42. The van der Waals surface area contributed by atoms with Gasteiger partial charge in [-0.25, -0.2) is 9.97 Å². The molecule has 240 valence electrons. The van der Waals surface area contributed by atoms with Crippen molar-refractivity contribution in [3.8, 4) is 0 Å². The monoisotopic (exact) mass is 603 g/mol. The maximum absolute atomic E-state index is 11.7. The van der Waals surface area contributed by atoms with E-state index in [1.54, 1.807) is 20.0 Å². The summed E-state index contributed by atoms with van der Waals surface area (Å²) in [5, 5.41) is 9.61. The van der Waals surface area contributed by atoms with Gasteiger partial charge in [-0.1, -0.05) is 38.1 Å². The molecule has 9 heteroatoms. The Kier molecular flexibility index (Phi) is 10.6. The Morgan fingerprint density at radius 3 is 2.39 bits per heavy atom. The molecular formula is C35H53N7O2. The zero-order valence-electron chi connectivity index (χ0n) is 27.3. The maximum Gasteiger partial charge on any atom is 0.313 e. The molecule has 2 fully saturated rings. The largest absolute Gasteiger partial charge is 0.481 e. The molecule has 2 aliphatic rings. The molecular weight excluding hydrogens is 550 g/mol. The quantitative estimate of drug-likeness (QED) is 0.236. The van der Waals surface area contributed by atoms with Crippen molar-refractivity contribution >= 4 is 5.97 Å². The Balaban J connectivity index is 1.15. The molecule has 1 spiro atoms. The number of aryl methyl sites for hydroxylation is 1.